The number of aromatic nitrogens is 1. The zero-order valence-corrected chi connectivity index (χ0v) is 11.5. The van der Waals surface area contributed by atoms with Gasteiger partial charge < -0.3 is 10.5 Å². The summed E-state index contributed by atoms with van der Waals surface area (Å²) in [5, 5.41) is 2.37. The van der Waals surface area contributed by atoms with E-state index in [9.17, 15) is 0 Å². The van der Waals surface area contributed by atoms with Gasteiger partial charge in [-0.25, -0.2) is 0 Å². The minimum Gasteiger partial charge on any atom is -0.383 e. The minimum atomic E-state index is 0.161. The quantitative estimate of drug-likeness (QED) is 0.859. The van der Waals surface area contributed by atoms with E-state index in [1.54, 1.807) is 7.11 Å². The van der Waals surface area contributed by atoms with Crippen LogP contribution in [-0.4, -0.2) is 43.7 Å². The molecule has 0 radical (unpaired) electrons. The second-order valence-corrected chi connectivity index (χ2v) is 4.67. The lowest BCUT2D eigenvalue weighted by molar-refractivity contribution is 0.141. The molecular weight excluding hydrogens is 238 g/mol. The minimum absolute atomic E-state index is 0.161. The average molecular weight is 259 g/mol. The number of pyridine rings is 1. The maximum absolute atomic E-state index is 5.96. The van der Waals surface area contributed by atoms with E-state index in [2.05, 4.69) is 35.1 Å². The number of benzene rings is 1. The first-order chi connectivity index (χ1) is 9.27. The van der Waals surface area contributed by atoms with E-state index in [1.807, 2.05) is 18.5 Å². The summed E-state index contributed by atoms with van der Waals surface area (Å²) in [6, 6.07) is 8.44. The Hall–Kier alpha value is -1.49. The van der Waals surface area contributed by atoms with Crippen LogP contribution in [0.2, 0.25) is 0 Å². The summed E-state index contributed by atoms with van der Waals surface area (Å²) in [5.41, 5.74) is 7.14. The first-order valence-electron chi connectivity index (χ1n) is 6.49. The van der Waals surface area contributed by atoms with Crippen LogP contribution in [0.25, 0.3) is 10.8 Å². The number of hydrogen-bond acceptors (Lipinski definition) is 4. The lowest BCUT2D eigenvalue weighted by atomic mass is 10.0. The number of rotatable bonds is 6. The molecule has 1 aromatic heterocycles. The number of ether oxygens (including phenoxy) is 1. The van der Waals surface area contributed by atoms with Gasteiger partial charge in [-0.3, -0.25) is 9.88 Å². The highest BCUT2D eigenvalue weighted by molar-refractivity contribution is 5.85. The predicted molar refractivity (Wildman–Crippen MR) is 78.0 cm³/mol. The van der Waals surface area contributed by atoms with Gasteiger partial charge >= 0.3 is 0 Å². The summed E-state index contributed by atoms with van der Waals surface area (Å²) in [6.07, 6.45) is 3.81. The van der Waals surface area contributed by atoms with Crippen LogP contribution in [0, 0.1) is 0 Å². The normalized spacial score (nSPS) is 13.1. The maximum atomic E-state index is 5.96. The summed E-state index contributed by atoms with van der Waals surface area (Å²) in [5.74, 6) is 0. The van der Waals surface area contributed by atoms with E-state index < -0.39 is 0 Å². The van der Waals surface area contributed by atoms with Crippen molar-refractivity contribution >= 4 is 10.8 Å². The van der Waals surface area contributed by atoms with Crippen molar-refractivity contribution in [2.45, 2.75) is 6.04 Å². The highest BCUT2D eigenvalue weighted by Gasteiger charge is 2.17. The van der Waals surface area contributed by atoms with Crippen LogP contribution in [0.5, 0.6) is 0 Å². The van der Waals surface area contributed by atoms with Crippen molar-refractivity contribution in [3.05, 3.63) is 42.2 Å². The molecular formula is C15H21N3O. The van der Waals surface area contributed by atoms with Gasteiger partial charge in [-0.1, -0.05) is 24.3 Å². The van der Waals surface area contributed by atoms with E-state index >= 15 is 0 Å². The second kappa shape index (κ2) is 6.61. The summed E-state index contributed by atoms with van der Waals surface area (Å²) in [6.45, 7) is 2.11. The number of nitrogens with two attached hydrogens (primary N) is 1. The molecule has 4 nitrogen and oxygen atoms in total. The molecule has 4 heteroatoms. The van der Waals surface area contributed by atoms with Crippen molar-refractivity contribution in [3.63, 3.8) is 0 Å². The lowest BCUT2D eigenvalue weighted by Gasteiger charge is -2.27. The van der Waals surface area contributed by atoms with Crippen LogP contribution >= 0.6 is 0 Å². The van der Waals surface area contributed by atoms with Gasteiger partial charge in [0.25, 0.3) is 0 Å². The molecule has 2 N–H and O–H groups in total. The SMILES string of the molecule is COCCN(C)C(CN)c1cncc2ccccc12. The molecule has 19 heavy (non-hydrogen) atoms. The molecule has 0 aliphatic heterocycles. The molecule has 1 unspecified atom stereocenters. The highest BCUT2D eigenvalue weighted by Crippen LogP contribution is 2.25. The second-order valence-electron chi connectivity index (χ2n) is 4.67. The Labute approximate surface area is 114 Å². The van der Waals surface area contributed by atoms with E-state index in [0.29, 0.717) is 13.2 Å². The van der Waals surface area contributed by atoms with Gasteiger partial charge in [0.05, 0.1) is 6.61 Å². The first kappa shape index (κ1) is 13.9. The first-order valence-corrected chi connectivity index (χ1v) is 6.49. The van der Waals surface area contributed by atoms with Gasteiger partial charge in [0, 0.05) is 44.0 Å². The van der Waals surface area contributed by atoms with Crippen molar-refractivity contribution < 1.29 is 4.74 Å². The summed E-state index contributed by atoms with van der Waals surface area (Å²) >= 11 is 0. The van der Waals surface area contributed by atoms with E-state index in [0.717, 1.165) is 11.9 Å². The smallest absolute Gasteiger partial charge is 0.0589 e. The molecule has 1 aromatic carbocycles. The zero-order chi connectivity index (χ0) is 13.7. The van der Waals surface area contributed by atoms with E-state index in [1.165, 1.54) is 10.9 Å². The largest absolute Gasteiger partial charge is 0.383 e. The highest BCUT2D eigenvalue weighted by atomic mass is 16.5. The molecule has 1 atom stereocenters. The lowest BCUT2D eigenvalue weighted by Crippen LogP contribution is -2.33. The maximum Gasteiger partial charge on any atom is 0.0589 e. The Kier molecular flexibility index (Phi) is 4.85. The van der Waals surface area contributed by atoms with Crippen LogP contribution in [0.1, 0.15) is 11.6 Å². The summed E-state index contributed by atoms with van der Waals surface area (Å²) in [7, 11) is 3.78. The van der Waals surface area contributed by atoms with Crippen LogP contribution < -0.4 is 5.73 Å². The third kappa shape index (κ3) is 3.10. The van der Waals surface area contributed by atoms with Gasteiger partial charge in [0.15, 0.2) is 0 Å². The standard InChI is InChI=1S/C15H21N3O/c1-18(7-8-19-2)15(9-16)14-11-17-10-12-5-3-4-6-13(12)14/h3-6,10-11,15H,7-9,16H2,1-2H3. The fourth-order valence-electron chi connectivity index (χ4n) is 2.34. The van der Waals surface area contributed by atoms with Crippen LogP contribution in [0.3, 0.4) is 0 Å². The molecule has 1 heterocycles. The van der Waals surface area contributed by atoms with Crippen molar-refractivity contribution in [2.24, 2.45) is 5.73 Å². The molecule has 0 spiro atoms. The molecule has 0 aliphatic carbocycles. The molecule has 0 amide bonds. The number of methoxy groups -OCH3 is 1. The number of likely N-dealkylation sites (N-methyl/N-ethyl adjacent to an activating group) is 1. The van der Waals surface area contributed by atoms with Gasteiger partial charge in [0.1, 0.15) is 0 Å². The number of nitrogens with zero attached hydrogens (tertiary/aromatic N) is 2. The Morgan fingerprint density at radius 1 is 1.32 bits per heavy atom. The summed E-state index contributed by atoms with van der Waals surface area (Å²) in [4.78, 5) is 6.55. The van der Waals surface area contributed by atoms with E-state index in [4.69, 9.17) is 10.5 Å². The average Bonchev–Trinajstić information content (AvgIpc) is 2.46. The Bertz CT molecular complexity index is 524. The monoisotopic (exact) mass is 259 g/mol. The topological polar surface area (TPSA) is 51.4 Å². The molecule has 0 bridgehead atoms. The molecule has 2 aromatic rings. The molecule has 2 rings (SSSR count). The van der Waals surface area contributed by atoms with Crippen LogP contribution in [0.15, 0.2) is 36.7 Å². The van der Waals surface area contributed by atoms with Gasteiger partial charge in [-0.05, 0) is 18.0 Å². The van der Waals surface area contributed by atoms with Crippen molar-refractivity contribution in [2.75, 3.05) is 33.9 Å². The van der Waals surface area contributed by atoms with Gasteiger partial charge in [-0.15, -0.1) is 0 Å². The van der Waals surface area contributed by atoms with Crippen molar-refractivity contribution in [1.29, 1.82) is 0 Å². The van der Waals surface area contributed by atoms with Crippen molar-refractivity contribution in [3.8, 4) is 0 Å². The fourth-order valence-corrected chi connectivity index (χ4v) is 2.34. The molecule has 0 aliphatic rings. The Morgan fingerprint density at radius 3 is 2.84 bits per heavy atom. The Balaban J connectivity index is 2.35. The summed E-state index contributed by atoms with van der Waals surface area (Å²) < 4.78 is 5.13. The molecule has 0 fully saturated rings. The van der Waals surface area contributed by atoms with Crippen molar-refractivity contribution in [1.82, 2.24) is 9.88 Å². The third-order valence-electron chi connectivity index (χ3n) is 3.46. The van der Waals surface area contributed by atoms with E-state index in [-0.39, 0.29) is 6.04 Å². The molecule has 0 saturated heterocycles. The Morgan fingerprint density at radius 2 is 2.11 bits per heavy atom. The fraction of sp³-hybridized carbons (Fsp3) is 0.400. The van der Waals surface area contributed by atoms with Gasteiger partial charge in [-0.2, -0.15) is 0 Å². The van der Waals surface area contributed by atoms with Crippen LogP contribution in [0.4, 0.5) is 0 Å². The van der Waals surface area contributed by atoms with Crippen LogP contribution in [-0.2, 0) is 4.74 Å². The zero-order valence-electron chi connectivity index (χ0n) is 11.5. The number of hydrogen-bond donors (Lipinski definition) is 1. The molecule has 102 valence electrons. The predicted octanol–water partition coefficient (Wildman–Crippen LogP) is 1.81. The molecule has 0 saturated carbocycles. The van der Waals surface area contributed by atoms with Gasteiger partial charge in [0.2, 0.25) is 0 Å². The number of fused-ring (bicyclic) bond motifs is 1. The third-order valence-corrected chi connectivity index (χ3v) is 3.46.